The molecule has 0 saturated carbocycles. The Morgan fingerprint density at radius 2 is 1.18 bits per heavy atom. The third-order valence-electron chi connectivity index (χ3n) is 6.30. The molecule has 0 amide bonds. The van der Waals surface area contributed by atoms with Crippen molar-refractivity contribution in [1.29, 1.82) is 0 Å². The standard InChI is InChI=1S/C30H50O4/c1-5-6-7-8-9-10-11-12-13-14-15-18-24-33-29(31)27-22-16-17-23-28(27)30(32)34-26(4)21-19-20-25(2)3/h16-17,22-23,25-26H,5-15,18-21,24H2,1-4H3. The number of esters is 2. The van der Waals surface area contributed by atoms with E-state index in [1.54, 1.807) is 24.3 Å². The van der Waals surface area contributed by atoms with Gasteiger partial charge in [-0.05, 0) is 44.2 Å². The minimum Gasteiger partial charge on any atom is -0.462 e. The minimum atomic E-state index is -0.449. The molecule has 0 aliphatic rings. The molecule has 0 fully saturated rings. The number of carbonyl (C=O) groups excluding carboxylic acids is 2. The van der Waals surface area contributed by atoms with E-state index in [1.807, 2.05) is 6.92 Å². The van der Waals surface area contributed by atoms with Gasteiger partial charge in [0.05, 0.1) is 23.8 Å². The van der Waals surface area contributed by atoms with E-state index in [-0.39, 0.29) is 11.7 Å². The summed E-state index contributed by atoms with van der Waals surface area (Å²) in [6.07, 6.45) is 18.0. The van der Waals surface area contributed by atoms with Gasteiger partial charge in [0.15, 0.2) is 0 Å². The molecular weight excluding hydrogens is 424 g/mol. The van der Waals surface area contributed by atoms with Gasteiger partial charge in [0.2, 0.25) is 0 Å². The smallest absolute Gasteiger partial charge is 0.339 e. The summed E-state index contributed by atoms with van der Waals surface area (Å²) in [5, 5.41) is 0. The number of benzene rings is 1. The summed E-state index contributed by atoms with van der Waals surface area (Å²) >= 11 is 0. The molecule has 0 heterocycles. The average Bonchev–Trinajstić information content (AvgIpc) is 2.81. The first-order valence-electron chi connectivity index (χ1n) is 13.9. The second-order valence-corrected chi connectivity index (χ2v) is 10.1. The van der Waals surface area contributed by atoms with E-state index in [1.165, 1.54) is 64.2 Å². The first-order valence-corrected chi connectivity index (χ1v) is 13.9. The molecule has 0 bridgehead atoms. The van der Waals surface area contributed by atoms with Crippen molar-refractivity contribution in [3.05, 3.63) is 35.4 Å². The highest BCUT2D eigenvalue weighted by molar-refractivity contribution is 6.03. The molecule has 0 N–H and O–H groups in total. The molecule has 0 spiro atoms. The van der Waals surface area contributed by atoms with Gasteiger partial charge >= 0.3 is 11.9 Å². The normalized spacial score (nSPS) is 12.0. The van der Waals surface area contributed by atoms with Crippen LogP contribution in [0, 0.1) is 5.92 Å². The van der Waals surface area contributed by atoms with Crippen LogP contribution in [0.3, 0.4) is 0 Å². The van der Waals surface area contributed by atoms with Crippen molar-refractivity contribution in [3.8, 4) is 0 Å². The predicted molar refractivity (Wildman–Crippen MR) is 141 cm³/mol. The Morgan fingerprint density at radius 3 is 1.71 bits per heavy atom. The average molecular weight is 475 g/mol. The number of ether oxygens (including phenoxy) is 2. The highest BCUT2D eigenvalue weighted by Gasteiger charge is 2.20. The Morgan fingerprint density at radius 1 is 0.676 bits per heavy atom. The summed E-state index contributed by atoms with van der Waals surface area (Å²) < 4.78 is 11.0. The number of hydrogen-bond acceptors (Lipinski definition) is 4. The SMILES string of the molecule is CCCCCCCCCCCCCCOC(=O)c1ccccc1C(=O)OC(C)CCCC(C)C. The van der Waals surface area contributed by atoms with Gasteiger partial charge in [-0.1, -0.05) is 110 Å². The fraction of sp³-hybridized carbons (Fsp3) is 0.733. The molecule has 1 unspecified atom stereocenters. The molecule has 1 rings (SSSR count). The Labute approximate surface area is 209 Å². The van der Waals surface area contributed by atoms with Crippen LogP contribution in [-0.2, 0) is 9.47 Å². The summed E-state index contributed by atoms with van der Waals surface area (Å²) in [6, 6.07) is 6.79. The summed E-state index contributed by atoms with van der Waals surface area (Å²) in [5.74, 6) is -0.249. The second kappa shape index (κ2) is 19.5. The van der Waals surface area contributed by atoms with Gasteiger partial charge in [-0.25, -0.2) is 9.59 Å². The summed E-state index contributed by atoms with van der Waals surface area (Å²) in [7, 11) is 0. The Hall–Kier alpha value is -1.84. The molecule has 1 atom stereocenters. The van der Waals surface area contributed by atoms with Gasteiger partial charge in [0, 0.05) is 0 Å². The van der Waals surface area contributed by atoms with Crippen LogP contribution < -0.4 is 0 Å². The molecular formula is C30H50O4. The monoisotopic (exact) mass is 474 g/mol. The molecule has 0 radical (unpaired) electrons. The van der Waals surface area contributed by atoms with E-state index in [4.69, 9.17) is 9.47 Å². The second-order valence-electron chi connectivity index (χ2n) is 10.1. The first-order chi connectivity index (χ1) is 16.5. The maximum atomic E-state index is 12.6. The van der Waals surface area contributed by atoms with Crippen LogP contribution >= 0.6 is 0 Å². The van der Waals surface area contributed by atoms with Crippen LogP contribution in [0.2, 0.25) is 0 Å². The molecule has 0 aliphatic heterocycles. The fourth-order valence-electron chi connectivity index (χ4n) is 4.14. The third kappa shape index (κ3) is 14.4. The summed E-state index contributed by atoms with van der Waals surface area (Å²) in [4.78, 5) is 25.2. The number of carbonyl (C=O) groups is 2. The molecule has 194 valence electrons. The maximum Gasteiger partial charge on any atom is 0.339 e. The first kappa shape index (κ1) is 30.2. The van der Waals surface area contributed by atoms with Crippen molar-refractivity contribution in [2.45, 2.75) is 130 Å². The molecule has 4 nitrogen and oxygen atoms in total. The zero-order chi connectivity index (χ0) is 25.0. The van der Waals surface area contributed by atoms with E-state index >= 15 is 0 Å². The van der Waals surface area contributed by atoms with Gasteiger partial charge < -0.3 is 9.47 Å². The van der Waals surface area contributed by atoms with E-state index in [0.29, 0.717) is 18.1 Å². The van der Waals surface area contributed by atoms with E-state index in [0.717, 1.165) is 32.1 Å². The van der Waals surface area contributed by atoms with E-state index < -0.39 is 11.9 Å². The maximum absolute atomic E-state index is 12.6. The van der Waals surface area contributed by atoms with Crippen molar-refractivity contribution in [2.75, 3.05) is 6.61 Å². The van der Waals surface area contributed by atoms with Gasteiger partial charge in [0.1, 0.15) is 0 Å². The summed E-state index contributed by atoms with van der Waals surface area (Å²) in [5.41, 5.74) is 0.582. The molecule has 1 aromatic rings. The largest absolute Gasteiger partial charge is 0.462 e. The molecule has 0 saturated heterocycles. The van der Waals surface area contributed by atoms with Crippen molar-refractivity contribution in [3.63, 3.8) is 0 Å². The van der Waals surface area contributed by atoms with Crippen molar-refractivity contribution >= 4 is 11.9 Å². The highest BCUT2D eigenvalue weighted by Crippen LogP contribution is 2.17. The van der Waals surface area contributed by atoms with Crippen LogP contribution in [0.4, 0.5) is 0 Å². The van der Waals surface area contributed by atoms with Crippen molar-refractivity contribution < 1.29 is 19.1 Å². The zero-order valence-electron chi connectivity index (χ0n) is 22.4. The van der Waals surface area contributed by atoms with Crippen LogP contribution in [0.5, 0.6) is 0 Å². The molecule has 34 heavy (non-hydrogen) atoms. The lowest BCUT2D eigenvalue weighted by Gasteiger charge is -2.15. The lowest BCUT2D eigenvalue weighted by molar-refractivity contribution is 0.0306. The number of unbranched alkanes of at least 4 members (excludes halogenated alkanes) is 11. The van der Waals surface area contributed by atoms with Gasteiger partial charge in [0.25, 0.3) is 0 Å². The quantitative estimate of drug-likeness (QED) is 0.140. The summed E-state index contributed by atoms with van der Waals surface area (Å²) in [6.45, 7) is 8.94. The Bertz CT molecular complexity index is 668. The number of rotatable bonds is 20. The molecule has 0 aliphatic carbocycles. The molecule has 4 heteroatoms. The molecule has 0 aromatic heterocycles. The van der Waals surface area contributed by atoms with Gasteiger partial charge in [-0.2, -0.15) is 0 Å². The predicted octanol–water partition coefficient (Wildman–Crippen LogP) is 8.92. The van der Waals surface area contributed by atoms with Crippen LogP contribution in [0.1, 0.15) is 145 Å². The lowest BCUT2D eigenvalue weighted by atomic mass is 10.0. The topological polar surface area (TPSA) is 52.6 Å². The van der Waals surface area contributed by atoms with Crippen molar-refractivity contribution in [1.82, 2.24) is 0 Å². The Kier molecular flexibility index (Phi) is 17.3. The fourth-order valence-corrected chi connectivity index (χ4v) is 4.14. The van der Waals surface area contributed by atoms with Gasteiger partial charge in [-0.3, -0.25) is 0 Å². The van der Waals surface area contributed by atoms with Crippen LogP contribution in [0.15, 0.2) is 24.3 Å². The third-order valence-corrected chi connectivity index (χ3v) is 6.30. The zero-order valence-corrected chi connectivity index (χ0v) is 22.4. The highest BCUT2D eigenvalue weighted by atomic mass is 16.5. The number of hydrogen-bond donors (Lipinski definition) is 0. The van der Waals surface area contributed by atoms with Gasteiger partial charge in [-0.15, -0.1) is 0 Å². The molecule has 1 aromatic carbocycles. The van der Waals surface area contributed by atoms with Crippen LogP contribution in [-0.4, -0.2) is 24.6 Å². The van der Waals surface area contributed by atoms with E-state index in [2.05, 4.69) is 20.8 Å². The Balaban J connectivity index is 2.24. The van der Waals surface area contributed by atoms with Crippen LogP contribution in [0.25, 0.3) is 0 Å². The lowest BCUT2D eigenvalue weighted by Crippen LogP contribution is -2.19. The van der Waals surface area contributed by atoms with E-state index in [9.17, 15) is 9.59 Å². The minimum absolute atomic E-state index is 0.170. The van der Waals surface area contributed by atoms with Crippen molar-refractivity contribution in [2.24, 2.45) is 5.92 Å².